The van der Waals surface area contributed by atoms with Gasteiger partial charge in [0.2, 0.25) is 5.91 Å². The van der Waals surface area contributed by atoms with Crippen molar-refractivity contribution in [2.24, 2.45) is 5.92 Å². The van der Waals surface area contributed by atoms with Crippen molar-refractivity contribution >= 4 is 33.4 Å². The predicted molar refractivity (Wildman–Crippen MR) is 87.0 cm³/mol. The first-order valence-corrected chi connectivity index (χ1v) is 8.15. The molecule has 6 heteroatoms. The van der Waals surface area contributed by atoms with Gasteiger partial charge >= 0.3 is 5.97 Å². The van der Waals surface area contributed by atoms with Gasteiger partial charge in [0.1, 0.15) is 6.04 Å². The zero-order chi connectivity index (χ0) is 16.1. The van der Waals surface area contributed by atoms with Gasteiger partial charge in [-0.2, -0.15) is 0 Å². The molecule has 22 heavy (non-hydrogen) atoms. The maximum Gasteiger partial charge on any atom is 0.326 e. The Labute approximate surface area is 133 Å². The van der Waals surface area contributed by atoms with Crippen molar-refractivity contribution in [1.29, 1.82) is 0 Å². The third-order valence-electron chi connectivity index (χ3n) is 3.38. The summed E-state index contributed by atoms with van der Waals surface area (Å²) in [5, 5.41) is 12.6. The summed E-state index contributed by atoms with van der Waals surface area (Å²) in [4.78, 5) is 27.4. The summed E-state index contributed by atoms with van der Waals surface area (Å²) in [6.07, 6.45) is 1.70. The molecule has 0 saturated carbocycles. The van der Waals surface area contributed by atoms with E-state index in [1.165, 1.54) is 0 Å². The van der Waals surface area contributed by atoms with E-state index in [-0.39, 0.29) is 11.8 Å². The van der Waals surface area contributed by atoms with Crippen molar-refractivity contribution in [1.82, 2.24) is 10.3 Å². The number of hydrogen-bond donors (Lipinski definition) is 2. The maximum absolute atomic E-state index is 11.8. The van der Waals surface area contributed by atoms with Crippen LogP contribution in [0.1, 0.15) is 31.7 Å². The molecule has 0 aliphatic rings. The molecular formula is C16H20N2O3S. The van der Waals surface area contributed by atoms with Crippen molar-refractivity contribution in [2.75, 3.05) is 0 Å². The highest BCUT2D eigenvalue weighted by Crippen LogP contribution is 2.22. The number of nitrogens with zero attached hydrogens (tertiary/aromatic N) is 1. The number of nitrogens with one attached hydrogen (secondary N) is 1. The first-order valence-electron chi connectivity index (χ1n) is 7.34. The number of amides is 1. The summed E-state index contributed by atoms with van der Waals surface area (Å²) in [7, 11) is 0. The summed E-state index contributed by atoms with van der Waals surface area (Å²) < 4.78 is 1.15. The second kappa shape index (κ2) is 7.35. The minimum atomic E-state index is -0.991. The smallest absolute Gasteiger partial charge is 0.326 e. The van der Waals surface area contributed by atoms with Crippen LogP contribution < -0.4 is 5.32 Å². The van der Waals surface area contributed by atoms with Crippen LogP contribution in [0, 0.1) is 5.92 Å². The van der Waals surface area contributed by atoms with Gasteiger partial charge in [0.15, 0.2) is 0 Å². The molecule has 5 nitrogen and oxygen atoms in total. The molecule has 0 spiro atoms. The number of aliphatic carboxylic acids is 1. The normalized spacial score (nSPS) is 12.5. The fourth-order valence-electron chi connectivity index (χ4n) is 2.19. The fourth-order valence-corrected chi connectivity index (χ4v) is 3.20. The number of carboxylic acids is 1. The number of carbonyl (C=O) groups is 2. The minimum absolute atomic E-state index is 0.134. The van der Waals surface area contributed by atoms with E-state index in [0.717, 1.165) is 21.6 Å². The molecule has 1 heterocycles. The van der Waals surface area contributed by atoms with Gasteiger partial charge in [-0.25, -0.2) is 9.78 Å². The van der Waals surface area contributed by atoms with E-state index in [1.54, 1.807) is 25.2 Å². The SMILES string of the molecule is CC(C)[C@@H](NC(=O)CCCc1nc2ccccc2s1)C(=O)O. The molecule has 1 aromatic carbocycles. The van der Waals surface area contributed by atoms with Crippen LogP contribution in [0.4, 0.5) is 0 Å². The van der Waals surface area contributed by atoms with Crippen molar-refractivity contribution in [2.45, 2.75) is 39.2 Å². The topological polar surface area (TPSA) is 79.3 Å². The average Bonchev–Trinajstić information content (AvgIpc) is 2.86. The second-order valence-electron chi connectivity index (χ2n) is 5.56. The van der Waals surface area contributed by atoms with Crippen LogP contribution >= 0.6 is 11.3 Å². The van der Waals surface area contributed by atoms with Gasteiger partial charge < -0.3 is 10.4 Å². The molecule has 0 saturated heterocycles. The average molecular weight is 320 g/mol. The van der Waals surface area contributed by atoms with Crippen LogP contribution in [0.3, 0.4) is 0 Å². The van der Waals surface area contributed by atoms with Gasteiger partial charge in [0.25, 0.3) is 0 Å². The highest BCUT2D eigenvalue weighted by atomic mass is 32.1. The quantitative estimate of drug-likeness (QED) is 0.822. The van der Waals surface area contributed by atoms with E-state index < -0.39 is 12.0 Å². The van der Waals surface area contributed by atoms with E-state index in [2.05, 4.69) is 10.3 Å². The first-order chi connectivity index (χ1) is 10.5. The molecule has 0 bridgehead atoms. The predicted octanol–water partition coefficient (Wildman–Crippen LogP) is 2.84. The van der Waals surface area contributed by atoms with Crippen LogP contribution in [0.2, 0.25) is 0 Å². The molecule has 1 amide bonds. The fraction of sp³-hybridized carbons (Fsp3) is 0.438. The third-order valence-corrected chi connectivity index (χ3v) is 4.48. The zero-order valence-electron chi connectivity index (χ0n) is 12.7. The monoisotopic (exact) mass is 320 g/mol. The lowest BCUT2D eigenvalue weighted by molar-refractivity contribution is -0.143. The van der Waals surface area contributed by atoms with Crippen LogP contribution in [-0.2, 0) is 16.0 Å². The Bertz CT molecular complexity index is 633. The third kappa shape index (κ3) is 4.27. The Kier molecular flexibility index (Phi) is 5.49. The van der Waals surface area contributed by atoms with E-state index in [1.807, 2.05) is 24.3 Å². The number of para-hydroxylation sites is 1. The standard InChI is InChI=1S/C16H20N2O3S/c1-10(2)15(16(20)21)18-13(19)8-5-9-14-17-11-6-3-4-7-12(11)22-14/h3-4,6-7,10,15H,5,8-9H2,1-2H3,(H,18,19)(H,20,21)/t15-/m1/s1. The molecule has 1 atom stereocenters. The largest absolute Gasteiger partial charge is 0.480 e. The molecule has 2 N–H and O–H groups in total. The summed E-state index contributed by atoms with van der Waals surface area (Å²) in [6, 6.07) is 7.12. The van der Waals surface area contributed by atoms with Crippen LogP contribution in [-0.4, -0.2) is 28.0 Å². The highest BCUT2D eigenvalue weighted by molar-refractivity contribution is 7.18. The summed E-state index contributed by atoms with van der Waals surface area (Å²) >= 11 is 1.64. The van der Waals surface area contributed by atoms with Crippen molar-refractivity contribution in [3.63, 3.8) is 0 Å². The van der Waals surface area contributed by atoms with Gasteiger partial charge in [0.05, 0.1) is 15.2 Å². The lowest BCUT2D eigenvalue weighted by atomic mass is 10.0. The van der Waals surface area contributed by atoms with Gasteiger partial charge in [-0.3, -0.25) is 4.79 Å². The van der Waals surface area contributed by atoms with Crippen LogP contribution in [0.15, 0.2) is 24.3 Å². The summed E-state index contributed by atoms with van der Waals surface area (Å²) in [5.41, 5.74) is 0.984. The number of hydrogen-bond acceptors (Lipinski definition) is 4. The van der Waals surface area contributed by atoms with Gasteiger partial charge in [0, 0.05) is 6.42 Å². The molecule has 118 valence electrons. The Morgan fingerprint density at radius 1 is 1.32 bits per heavy atom. The zero-order valence-corrected chi connectivity index (χ0v) is 13.5. The first kappa shape index (κ1) is 16.4. The number of aryl methyl sites for hydroxylation is 1. The molecule has 2 rings (SSSR count). The molecule has 0 radical (unpaired) electrons. The summed E-state index contributed by atoms with van der Waals surface area (Å²) in [5.74, 6) is -1.34. The van der Waals surface area contributed by atoms with Crippen LogP contribution in [0.5, 0.6) is 0 Å². The lowest BCUT2D eigenvalue weighted by Crippen LogP contribution is -2.44. The van der Waals surface area contributed by atoms with Crippen LogP contribution in [0.25, 0.3) is 10.2 Å². The lowest BCUT2D eigenvalue weighted by Gasteiger charge is -2.17. The number of thiazole rings is 1. The number of carboxylic acid groups (broad SMARTS) is 1. The van der Waals surface area contributed by atoms with E-state index in [0.29, 0.717) is 12.8 Å². The number of aromatic nitrogens is 1. The molecule has 0 aliphatic carbocycles. The molecule has 0 unspecified atom stereocenters. The Morgan fingerprint density at radius 2 is 2.05 bits per heavy atom. The minimum Gasteiger partial charge on any atom is -0.480 e. The number of rotatable bonds is 7. The van der Waals surface area contributed by atoms with Crippen molar-refractivity contribution < 1.29 is 14.7 Å². The Morgan fingerprint density at radius 3 is 2.68 bits per heavy atom. The van der Waals surface area contributed by atoms with Gasteiger partial charge in [-0.05, 0) is 30.9 Å². The second-order valence-corrected chi connectivity index (χ2v) is 6.67. The van der Waals surface area contributed by atoms with Gasteiger partial charge in [-0.1, -0.05) is 26.0 Å². The molecule has 2 aromatic rings. The summed E-state index contributed by atoms with van der Waals surface area (Å²) in [6.45, 7) is 3.56. The molecule has 1 aromatic heterocycles. The molecule has 0 fully saturated rings. The molecular weight excluding hydrogens is 300 g/mol. The van der Waals surface area contributed by atoms with E-state index in [9.17, 15) is 9.59 Å². The van der Waals surface area contributed by atoms with Crippen molar-refractivity contribution in [3.05, 3.63) is 29.3 Å². The number of carbonyl (C=O) groups excluding carboxylic acids is 1. The van der Waals surface area contributed by atoms with Crippen molar-refractivity contribution in [3.8, 4) is 0 Å². The number of benzene rings is 1. The van der Waals surface area contributed by atoms with E-state index >= 15 is 0 Å². The molecule has 0 aliphatic heterocycles. The maximum atomic E-state index is 11.8. The van der Waals surface area contributed by atoms with E-state index in [4.69, 9.17) is 5.11 Å². The Hall–Kier alpha value is -1.95. The number of fused-ring (bicyclic) bond motifs is 1. The Balaban J connectivity index is 1.82. The highest BCUT2D eigenvalue weighted by Gasteiger charge is 2.22. The van der Waals surface area contributed by atoms with Gasteiger partial charge in [-0.15, -0.1) is 11.3 Å².